The summed E-state index contributed by atoms with van der Waals surface area (Å²) >= 11 is 0. The molecule has 2 atom stereocenters. The third kappa shape index (κ3) is 4.82. The summed E-state index contributed by atoms with van der Waals surface area (Å²) in [5, 5.41) is 14.1. The molecule has 0 saturated carbocycles. The van der Waals surface area contributed by atoms with Gasteiger partial charge in [0.25, 0.3) is 0 Å². The second-order valence-corrected chi connectivity index (χ2v) is 12.2. The number of rotatable bonds is 1. The molecule has 0 saturated heterocycles. The predicted molar refractivity (Wildman–Crippen MR) is 171 cm³/mol. The Morgan fingerprint density at radius 2 is 1.68 bits per heavy atom. The Labute approximate surface area is 260 Å². The van der Waals surface area contributed by atoms with E-state index in [1.807, 2.05) is 35.2 Å². The zero-order chi connectivity index (χ0) is 30.4. The van der Waals surface area contributed by atoms with Gasteiger partial charge in [-0.1, -0.05) is 42.1 Å². The molecule has 4 aliphatic rings. The highest BCUT2D eigenvalue weighted by atomic mass is 15.5. The quantitative estimate of drug-likeness (QED) is 0.398. The number of hydrogen-bond acceptors (Lipinski definition) is 7. The number of allylic oxidation sites excluding steroid dienone is 4. The van der Waals surface area contributed by atoms with Gasteiger partial charge >= 0.3 is 0 Å². The van der Waals surface area contributed by atoms with E-state index in [4.69, 9.17) is 10.3 Å². The van der Waals surface area contributed by atoms with Crippen molar-refractivity contribution in [2.24, 2.45) is 21.1 Å². The van der Waals surface area contributed by atoms with E-state index in [1.165, 1.54) is 11.3 Å². The number of aryl methyl sites for hydroxylation is 3. The van der Waals surface area contributed by atoms with Crippen molar-refractivity contribution in [3.63, 3.8) is 0 Å². The molecule has 0 radical (unpaired) electrons. The van der Waals surface area contributed by atoms with E-state index in [0.29, 0.717) is 6.42 Å². The summed E-state index contributed by atoms with van der Waals surface area (Å²) in [6, 6.07) is 8.95. The maximum atomic E-state index is 4.82. The van der Waals surface area contributed by atoms with E-state index < -0.39 is 0 Å². The van der Waals surface area contributed by atoms with Gasteiger partial charge in [0.2, 0.25) is 5.69 Å². The van der Waals surface area contributed by atoms with Crippen molar-refractivity contribution in [1.29, 1.82) is 0 Å². The summed E-state index contributed by atoms with van der Waals surface area (Å²) in [6.07, 6.45) is 21.5. The van der Waals surface area contributed by atoms with Gasteiger partial charge < -0.3 is 19.6 Å². The summed E-state index contributed by atoms with van der Waals surface area (Å²) in [6.45, 7) is 8.78. The number of hydrogen-bond donors (Lipinski definition) is 0. The number of fused-ring (bicyclic) bond motifs is 3. The zero-order valence-electron chi connectivity index (χ0n) is 26.3. The van der Waals surface area contributed by atoms with Gasteiger partial charge in [-0.3, -0.25) is 4.68 Å². The van der Waals surface area contributed by atoms with Crippen LogP contribution in [0.4, 0.5) is 5.69 Å². The largest absolute Gasteiger partial charge is 0.356 e. The number of anilines is 1. The molecule has 4 aliphatic heterocycles. The maximum Gasteiger partial charge on any atom is 0.222 e. The Hall–Kier alpha value is -4.60. The van der Waals surface area contributed by atoms with Gasteiger partial charge in [-0.25, -0.2) is 0 Å². The molecule has 6 heterocycles. The average molecular weight is 592 g/mol. The Kier molecular flexibility index (Phi) is 7.35. The molecule has 7 rings (SSSR count). The fourth-order valence-electron chi connectivity index (χ4n) is 7.30. The van der Waals surface area contributed by atoms with E-state index >= 15 is 0 Å². The number of para-hydroxylation sites is 1. The molecule has 10 heteroatoms. The normalized spacial score (nSPS) is 22.8. The molecule has 3 aromatic rings. The first kappa shape index (κ1) is 28.2. The smallest absolute Gasteiger partial charge is 0.222 e. The van der Waals surface area contributed by atoms with E-state index in [0.717, 1.165) is 79.2 Å². The summed E-state index contributed by atoms with van der Waals surface area (Å²) in [5.41, 5.74) is 8.85. The summed E-state index contributed by atoms with van der Waals surface area (Å²) in [4.78, 5) is 9.99. The summed E-state index contributed by atoms with van der Waals surface area (Å²) in [5.74, 6) is 0. The minimum absolute atomic E-state index is 0.143. The van der Waals surface area contributed by atoms with Crippen LogP contribution in [0, 0.1) is 0 Å². The molecule has 2 aromatic heterocycles. The standard InChI is InChI=1S/C34H43N10/c1-6-7-13-27-25(2)23-30-33(35-36-38(30)3)34-29(39(4)37-40(34)5)15-16-31-41-17-10-11-18-42-20-21-43(27)32(42)24-26-12-8-9-14-28(26)44(31)22-19-41/h6-9,12-14,19-22,31-32H,2,10-11,15-18,23-24H2,1,3-5H3/q+1/b7-6-,27-13+. The third-order valence-electron chi connectivity index (χ3n) is 9.53. The van der Waals surface area contributed by atoms with Crippen LogP contribution in [0.5, 0.6) is 0 Å². The van der Waals surface area contributed by atoms with E-state index in [9.17, 15) is 0 Å². The summed E-state index contributed by atoms with van der Waals surface area (Å²) < 4.78 is 5.87. The first-order valence-corrected chi connectivity index (χ1v) is 15.8. The van der Waals surface area contributed by atoms with Crippen molar-refractivity contribution in [2.75, 3.05) is 18.0 Å². The Bertz CT molecular complexity index is 1690. The van der Waals surface area contributed by atoms with E-state index in [2.05, 4.69) is 106 Å². The molecule has 0 spiro atoms. The minimum Gasteiger partial charge on any atom is -0.356 e. The van der Waals surface area contributed by atoms with Crippen LogP contribution in [0.3, 0.4) is 0 Å². The lowest BCUT2D eigenvalue weighted by atomic mass is 9.99. The van der Waals surface area contributed by atoms with Gasteiger partial charge in [-0.15, -0.1) is 14.5 Å². The Morgan fingerprint density at radius 3 is 2.48 bits per heavy atom. The topological polar surface area (TPSA) is 65.4 Å². The van der Waals surface area contributed by atoms with Gasteiger partial charge in [-0.05, 0) is 49.5 Å². The molecule has 44 heavy (non-hydrogen) atoms. The zero-order valence-corrected chi connectivity index (χ0v) is 26.3. The van der Waals surface area contributed by atoms with Crippen LogP contribution >= 0.6 is 0 Å². The lowest BCUT2D eigenvalue weighted by Gasteiger charge is -2.38. The summed E-state index contributed by atoms with van der Waals surface area (Å²) in [7, 11) is 6.03. The van der Waals surface area contributed by atoms with Crippen LogP contribution in [0.15, 0.2) is 85.1 Å². The number of nitrogens with zero attached hydrogens (tertiary/aromatic N) is 10. The maximum absolute atomic E-state index is 4.82. The lowest BCUT2D eigenvalue weighted by Crippen LogP contribution is -2.43. The van der Waals surface area contributed by atoms with Crippen molar-refractivity contribution >= 4 is 5.69 Å². The molecule has 0 aliphatic carbocycles. The van der Waals surface area contributed by atoms with Crippen molar-refractivity contribution in [3.05, 3.63) is 102 Å². The molecule has 228 valence electrons. The van der Waals surface area contributed by atoms with Gasteiger partial charge in [0, 0.05) is 75.6 Å². The molecule has 0 amide bonds. The SMILES string of the molecule is C=C1Cc2c(nnn2C)-c2c(n(C)n[n+]2C)CCC2N3C=CN2c2ccccc2CC2N(C=CN2/C1=C/C=C\C)CCCC3. The lowest BCUT2D eigenvalue weighted by molar-refractivity contribution is -0.722. The first-order chi connectivity index (χ1) is 21.4. The molecule has 0 fully saturated rings. The Balaban J connectivity index is 1.43. The van der Waals surface area contributed by atoms with Gasteiger partial charge in [-0.2, -0.15) is 0 Å². The van der Waals surface area contributed by atoms with Crippen LogP contribution in [-0.4, -0.2) is 65.0 Å². The number of benzene rings is 1. The highest BCUT2D eigenvalue weighted by molar-refractivity contribution is 5.60. The Morgan fingerprint density at radius 1 is 0.932 bits per heavy atom. The molecular formula is C34H43N10+. The average Bonchev–Trinajstić information content (AvgIpc) is 3.76. The minimum atomic E-state index is 0.143. The molecule has 10 nitrogen and oxygen atoms in total. The third-order valence-corrected chi connectivity index (χ3v) is 9.53. The van der Waals surface area contributed by atoms with Gasteiger partial charge in [0.15, 0.2) is 11.4 Å². The van der Waals surface area contributed by atoms with E-state index in [1.54, 1.807) is 0 Å². The fourth-order valence-corrected chi connectivity index (χ4v) is 7.30. The molecule has 4 bridgehead atoms. The fraction of sp³-hybridized carbons (Fsp3) is 0.412. The van der Waals surface area contributed by atoms with Crippen LogP contribution < -0.4 is 9.58 Å². The predicted octanol–water partition coefficient (Wildman–Crippen LogP) is 3.92. The highest BCUT2D eigenvalue weighted by Gasteiger charge is 2.36. The van der Waals surface area contributed by atoms with Crippen LogP contribution in [0.1, 0.15) is 43.1 Å². The second-order valence-electron chi connectivity index (χ2n) is 12.2. The van der Waals surface area contributed by atoms with Crippen LogP contribution in [-0.2, 0) is 40.4 Å². The second kappa shape index (κ2) is 11.5. The van der Waals surface area contributed by atoms with Crippen molar-refractivity contribution < 1.29 is 4.68 Å². The number of aromatic nitrogens is 6. The van der Waals surface area contributed by atoms with Crippen LogP contribution in [0.2, 0.25) is 0 Å². The van der Waals surface area contributed by atoms with Crippen molar-refractivity contribution in [2.45, 2.75) is 57.8 Å². The van der Waals surface area contributed by atoms with Crippen molar-refractivity contribution in [3.8, 4) is 11.4 Å². The van der Waals surface area contributed by atoms with Crippen LogP contribution in [0.25, 0.3) is 11.4 Å². The van der Waals surface area contributed by atoms with Gasteiger partial charge in [0.05, 0.1) is 10.9 Å². The molecule has 2 unspecified atom stereocenters. The van der Waals surface area contributed by atoms with E-state index in [-0.39, 0.29) is 12.3 Å². The molecule has 1 aromatic carbocycles. The molecular weight excluding hydrogens is 548 g/mol. The first-order valence-electron chi connectivity index (χ1n) is 15.8. The van der Waals surface area contributed by atoms with Gasteiger partial charge in [0.1, 0.15) is 26.4 Å². The highest BCUT2D eigenvalue weighted by Crippen LogP contribution is 2.37. The van der Waals surface area contributed by atoms with Crippen molar-refractivity contribution in [1.82, 2.24) is 39.6 Å². The monoisotopic (exact) mass is 591 g/mol. The molecule has 0 N–H and O–H groups in total.